The highest BCUT2D eigenvalue weighted by atomic mass is 16.5. The van der Waals surface area contributed by atoms with Gasteiger partial charge in [0.25, 0.3) is 0 Å². The van der Waals surface area contributed by atoms with Crippen LogP contribution >= 0.6 is 0 Å². The molecule has 0 aliphatic carbocycles. The van der Waals surface area contributed by atoms with Crippen molar-refractivity contribution in [2.45, 2.75) is 6.42 Å². The molecule has 0 fully saturated rings. The van der Waals surface area contributed by atoms with Crippen LogP contribution in [0.25, 0.3) is 0 Å². The summed E-state index contributed by atoms with van der Waals surface area (Å²) in [6, 6.07) is 6.72. The van der Waals surface area contributed by atoms with E-state index in [1.54, 1.807) is 24.3 Å². The number of nitrogens with one attached hydrogen (secondary N) is 1. The molecule has 3 nitrogen and oxygen atoms in total. The lowest BCUT2D eigenvalue weighted by Gasteiger charge is -2.01. The number of benzene rings is 1. The van der Waals surface area contributed by atoms with Gasteiger partial charge in [0.2, 0.25) is 0 Å². The Hall–Kier alpha value is -1.51. The maximum Gasteiger partial charge on any atom is 0.184 e. The summed E-state index contributed by atoms with van der Waals surface area (Å²) < 4.78 is 4.71. The molecule has 2 N–H and O–H groups in total. The van der Waals surface area contributed by atoms with Crippen molar-refractivity contribution in [1.82, 2.24) is 0 Å². The molecule has 0 aliphatic rings. The molecule has 0 spiro atoms. The average Bonchev–Trinajstić information content (AvgIpc) is 2.09. The largest absolute Gasteiger partial charge is 0.508 e. The van der Waals surface area contributed by atoms with E-state index in [1.165, 1.54) is 7.11 Å². The smallest absolute Gasteiger partial charge is 0.184 e. The molecule has 0 saturated heterocycles. The third-order valence-electron chi connectivity index (χ3n) is 1.55. The predicted octanol–water partition coefficient (Wildman–Crippen LogP) is 1.56. The third kappa shape index (κ3) is 2.27. The van der Waals surface area contributed by atoms with Gasteiger partial charge in [0.1, 0.15) is 5.75 Å². The second-order valence-electron chi connectivity index (χ2n) is 2.47. The maximum atomic E-state index is 8.96. The molecule has 0 aromatic heterocycles. The molecule has 0 heterocycles. The Bertz CT molecular complexity index is 266. The summed E-state index contributed by atoms with van der Waals surface area (Å²) in [5.41, 5.74) is 0.958. The normalized spacial score (nSPS) is 9.42. The second kappa shape index (κ2) is 3.76. The van der Waals surface area contributed by atoms with E-state index in [9.17, 15) is 0 Å². The standard InChI is InChI=1S/C9H11NO2/c1-12-9(10)6-7-2-4-8(11)5-3-7/h2-5,10-11H,6H2,1H3. The van der Waals surface area contributed by atoms with Crippen molar-refractivity contribution >= 4 is 5.90 Å². The molecule has 1 rings (SSSR count). The number of ether oxygens (including phenoxy) is 1. The summed E-state index contributed by atoms with van der Waals surface area (Å²) >= 11 is 0. The Morgan fingerprint density at radius 1 is 1.42 bits per heavy atom. The first-order valence-electron chi connectivity index (χ1n) is 3.61. The first-order valence-corrected chi connectivity index (χ1v) is 3.61. The maximum absolute atomic E-state index is 8.96. The number of aromatic hydroxyl groups is 1. The van der Waals surface area contributed by atoms with Crippen molar-refractivity contribution in [3.05, 3.63) is 29.8 Å². The fraction of sp³-hybridized carbons (Fsp3) is 0.222. The van der Waals surface area contributed by atoms with Crippen molar-refractivity contribution in [3.8, 4) is 5.75 Å². The molecular formula is C9H11NO2. The van der Waals surface area contributed by atoms with Gasteiger partial charge in [-0.25, -0.2) is 0 Å². The molecule has 64 valence electrons. The molecule has 0 amide bonds. The number of hydrogen-bond acceptors (Lipinski definition) is 3. The Balaban J connectivity index is 2.64. The minimum Gasteiger partial charge on any atom is -0.508 e. The van der Waals surface area contributed by atoms with Crippen molar-refractivity contribution in [3.63, 3.8) is 0 Å². The molecule has 1 aromatic rings. The van der Waals surface area contributed by atoms with E-state index < -0.39 is 0 Å². The Morgan fingerprint density at radius 3 is 2.50 bits per heavy atom. The molecule has 1 aromatic carbocycles. The van der Waals surface area contributed by atoms with Crippen molar-refractivity contribution in [1.29, 1.82) is 5.41 Å². The number of rotatable bonds is 2. The van der Waals surface area contributed by atoms with Crippen LogP contribution in [0.5, 0.6) is 5.75 Å². The van der Waals surface area contributed by atoms with Gasteiger partial charge in [0, 0.05) is 6.42 Å². The fourth-order valence-corrected chi connectivity index (χ4v) is 0.871. The summed E-state index contributed by atoms with van der Waals surface area (Å²) in [4.78, 5) is 0. The molecular weight excluding hydrogens is 154 g/mol. The van der Waals surface area contributed by atoms with Crippen LogP contribution in [0, 0.1) is 5.41 Å². The highest BCUT2D eigenvalue weighted by Gasteiger charge is 1.97. The third-order valence-corrected chi connectivity index (χ3v) is 1.55. The van der Waals surface area contributed by atoms with Crippen LogP contribution in [0.4, 0.5) is 0 Å². The Kier molecular flexibility index (Phi) is 2.69. The van der Waals surface area contributed by atoms with Crippen LogP contribution < -0.4 is 0 Å². The van der Waals surface area contributed by atoms with Crippen LogP contribution in [0.3, 0.4) is 0 Å². The Labute approximate surface area is 71.1 Å². The van der Waals surface area contributed by atoms with E-state index in [-0.39, 0.29) is 11.6 Å². The minimum absolute atomic E-state index is 0.223. The van der Waals surface area contributed by atoms with Gasteiger partial charge in [-0.3, -0.25) is 5.41 Å². The lowest BCUT2D eigenvalue weighted by molar-refractivity contribution is 0.390. The lowest BCUT2D eigenvalue weighted by atomic mass is 10.1. The van der Waals surface area contributed by atoms with Gasteiger partial charge in [0.05, 0.1) is 7.11 Å². The van der Waals surface area contributed by atoms with Gasteiger partial charge >= 0.3 is 0 Å². The molecule has 3 heteroatoms. The zero-order chi connectivity index (χ0) is 8.97. The Morgan fingerprint density at radius 2 is 2.00 bits per heavy atom. The van der Waals surface area contributed by atoms with E-state index >= 15 is 0 Å². The molecule has 0 aliphatic heterocycles. The van der Waals surface area contributed by atoms with Gasteiger partial charge in [-0.05, 0) is 17.7 Å². The first-order chi connectivity index (χ1) is 5.72. The summed E-state index contributed by atoms with van der Waals surface area (Å²) in [5, 5.41) is 16.2. The van der Waals surface area contributed by atoms with Crippen LogP contribution in [-0.4, -0.2) is 18.1 Å². The quantitative estimate of drug-likeness (QED) is 0.516. The number of methoxy groups -OCH3 is 1. The summed E-state index contributed by atoms with van der Waals surface area (Å²) in [6.07, 6.45) is 0.469. The number of phenols is 1. The predicted molar refractivity (Wildman–Crippen MR) is 46.5 cm³/mol. The fourth-order valence-electron chi connectivity index (χ4n) is 0.871. The average molecular weight is 165 g/mol. The molecule has 0 saturated carbocycles. The van der Waals surface area contributed by atoms with E-state index in [2.05, 4.69) is 0 Å². The highest BCUT2D eigenvalue weighted by Crippen LogP contribution is 2.10. The first kappa shape index (κ1) is 8.59. The summed E-state index contributed by atoms with van der Waals surface area (Å²) in [7, 11) is 1.47. The lowest BCUT2D eigenvalue weighted by Crippen LogP contribution is -2.02. The monoisotopic (exact) mass is 165 g/mol. The van der Waals surface area contributed by atoms with Gasteiger partial charge in [-0.15, -0.1) is 0 Å². The van der Waals surface area contributed by atoms with Crippen molar-refractivity contribution < 1.29 is 9.84 Å². The van der Waals surface area contributed by atoms with Crippen LogP contribution in [0.2, 0.25) is 0 Å². The zero-order valence-electron chi connectivity index (χ0n) is 6.87. The molecule has 0 unspecified atom stereocenters. The zero-order valence-corrected chi connectivity index (χ0v) is 6.87. The van der Waals surface area contributed by atoms with Crippen molar-refractivity contribution in [2.24, 2.45) is 0 Å². The van der Waals surface area contributed by atoms with Crippen LogP contribution in [0.1, 0.15) is 5.56 Å². The molecule has 0 bridgehead atoms. The van der Waals surface area contributed by atoms with E-state index in [0.717, 1.165) is 5.56 Å². The van der Waals surface area contributed by atoms with E-state index in [1.807, 2.05) is 0 Å². The van der Waals surface area contributed by atoms with Crippen molar-refractivity contribution in [2.75, 3.05) is 7.11 Å². The molecule has 0 radical (unpaired) electrons. The SMILES string of the molecule is COC(=N)Cc1ccc(O)cc1. The summed E-state index contributed by atoms with van der Waals surface area (Å²) in [5.74, 6) is 0.461. The number of hydrogen-bond donors (Lipinski definition) is 2. The minimum atomic E-state index is 0.223. The van der Waals surface area contributed by atoms with Gasteiger partial charge in [0.15, 0.2) is 5.90 Å². The molecule has 0 atom stereocenters. The summed E-state index contributed by atoms with van der Waals surface area (Å²) in [6.45, 7) is 0. The van der Waals surface area contributed by atoms with E-state index in [4.69, 9.17) is 15.3 Å². The topological polar surface area (TPSA) is 53.3 Å². The number of phenolic OH excluding ortho intramolecular Hbond substituents is 1. The van der Waals surface area contributed by atoms with Gasteiger partial charge in [-0.2, -0.15) is 0 Å². The highest BCUT2D eigenvalue weighted by molar-refractivity contribution is 5.75. The second-order valence-corrected chi connectivity index (χ2v) is 2.47. The van der Waals surface area contributed by atoms with Crippen LogP contribution in [0.15, 0.2) is 24.3 Å². The van der Waals surface area contributed by atoms with E-state index in [0.29, 0.717) is 6.42 Å². The molecule has 12 heavy (non-hydrogen) atoms. The van der Waals surface area contributed by atoms with Gasteiger partial charge < -0.3 is 9.84 Å². The van der Waals surface area contributed by atoms with Crippen LogP contribution in [-0.2, 0) is 11.2 Å². The van der Waals surface area contributed by atoms with Gasteiger partial charge in [-0.1, -0.05) is 12.1 Å².